The molecule has 0 radical (unpaired) electrons. The van der Waals surface area contributed by atoms with Gasteiger partial charge in [0.1, 0.15) is 23.9 Å². The van der Waals surface area contributed by atoms with Gasteiger partial charge in [0.15, 0.2) is 6.54 Å². The number of nitrogens with zero attached hydrogens (tertiary/aromatic N) is 1. The van der Waals surface area contributed by atoms with Crippen molar-refractivity contribution in [3.63, 3.8) is 0 Å². The summed E-state index contributed by atoms with van der Waals surface area (Å²) in [5, 5.41) is 0. The van der Waals surface area contributed by atoms with Crippen molar-refractivity contribution >= 4 is 5.91 Å². The molecule has 0 aliphatic rings. The molecule has 0 fully saturated rings. The van der Waals surface area contributed by atoms with Crippen LogP contribution in [0.1, 0.15) is 22.6 Å². The molecule has 0 aliphatic heterocycles. The quantitative estimate of drug-likeness (QED) is 0.481. The van der Waals surface area contributed by atoms with E-state index in [4.69, 9.17) is 4.42 Å². The van der Waals surface area contributed by atoms with Crippen molar-refractivity contribution in [2.75, 3.05) is 19.6 Å². The van der Waals surface area contributed by atoms with Gasteiger partial charge in [-0.3, -0.25) is 4.79 Å². The lowest BCUT2D eigenvalue weighted by atomic mass is 10.1. The molecule has 1 amide bonds. The molecule has 0 spiro atoms. The molecule has 0 saturated heterocycles. The Morgan fingerprint density at radius 2 is 1.84 bits per heavy atom. The van der Waals surface area contributed by atoms with Gasteiger partial charge in [-0.15, -0.1) is 0 Å². The Kier molecular flexibility index (Phi) is 8.19. The number of quaternary nitrogens is 1. The Hall–Kier alpha value is -3.18. The molecule has 5 heteroatoms. The Labute approximate surface area is 183 Å². The van der Waals surface area contributed by atoms with Crippen LogP contribution in [0.5, 0.6) is 0 Å². The number of aryl methyl sites for hydroxylation is 1. The molecule has 0 aliphatic carbocycles. The highest BCUT2D eigenvalue weighted by molar-refractivity contribution is 5.77. The zero-order chi connectivity index (χ0) is 22.1. The van der Waals surface area contributed by atoms with Gasteiger partial charge < -0.3 is 14.2 Å². The summed E-state index contributed by atoms with van der Waals surface area (Å²) in [6.45, 7) is 7.97. The van der Waals surface area contributed by atoms with E-state index in [-0.39, 0.29) is 18.3 Å². The smallest absolute Gasteiger partial charge is 0.278 e. The number of carbonyl (C=O) groups is 1. The highest BCUT2D eigenvalue weighted by Gasteiger charge is 2.22. The summed E-state index contributed by atoms with van der Waals surface area (Å²) in [6, 6.07) is 20.6. The summed E-state index contributed by atoms with van der Waals surface area (Å²) >= 11 is 0. The highest BCUT2D eigenvalue weighted by Crippen LogP contribution is 2.11. The summed E-state index contributed by atoms with van der Waals surface area (Å²) in [5.74, 6) is 1.35. The number of amides is 1. The zero-order valence-electron chi connectivity index (χ0n) is 18.0. The Bertz CT molecular complexity index is 984. The fourth-order valence-corrected chi connectivity index (χ4v) is 3.61. The number of rotatable bonds is 11. The van der Waals surface area contributed by atoms with Crippen LogP contribution in [-0.2, 0) is 24.3 Å². The Balaban J connectivity index is 1.71. The third kappa shape index (κ3) is 6.93. The summed E-state index contributed by atoms with van der Waals surface area (Å²) in [6.07, 6.45) is 2.53. The van der Waals surface area contributed by atoms with Gasteiger partial charge in [-0.25, -0.2) is 4.39 Å². The number of furan rings is 1. The summed E-state index contributed by atoms with van der Waals surface area (Å²) in [7, 11) is 0. The molecule has 2 aromatic carbocycles. The van der Waals surface area contributed by atoms with Crippen molar-refractivity contribution < 1.29 is 18.5 Å². The summed E-state index contributed by atoms with van der Waals surface area (Å²) in [5.41, 5.74) is 1.78. The fourth-order valence-electron chi connectivity index (χ4n) is 3.61. The molecule has 3 aromatic rings. The molecule has 1 heterocycles. The first-order valence-corrected chi connectivity index (χ1v) is 10.6. The second-order valence-corrected chi connectivity index (χ2v) is 7.75. The van der Waals surface area contributed by atoms with Gasteiger partial charge in [0.25, 0.3) is 5.91 Å². The number of hydrogen-bond donors (Lipinski definition) is 1. The standard InChI is InChI=1S/C26H29FN2O2/c1-3-16-28(18-23-11-7-8-12-25(23)27)20-26(30)29(19-24-14-13-21(2)31-24)17-15-22-9-5-4-6-10-22/h3-14H,1,15-20H2,2H3/p+1. The maximum Gasteiger partial charge on any atom is 0.278 e. The zero-order valence-corrected chi connectivity index (χ0v) is 18.0. The predicted octanol–water partition coefficient (Wildman–Crippen LogP) is 3.57. The second kappa shape index (κ2) is 11.3. The largest absolute Gasteiger partial charge is 0.464 e. The monoisotopic (exact) mass is 421 g/mol. The molecule has 162 valence electrons. The van der Waals surface area contributed by atoms with E-state index < -0.39 is 0 Å². The summed E-state index contributed by atoms with van der Waals surface area (Å²) in [4.78, 5) is 16.0. The van der Waals surface area contributed by atoms with E-state index in [1.165, 1.54) is 11.6 Å². The molecular weight excluding hydrogens is 391 g/mol. The summed E-state index contributed by atoms with van der Waals surface area (Å²) < 4.78 is 19.9. The lowest BCUT2D eigenvalue weighted by Gasteiger charge is -2.25. The maximum atomic E-state index is 14.1. The first-order chi connectivity index (χ1) is 15.0. The van der Waals surface area contributed by atoms with E-state index in [0.717, 1.165) is 22.8 Å². The first-order valence-electron chi connectivity index (χ1n) is 10.6. The molecular formula is C26H30FN2O2+. The van der Waals surface area contributed by atoms with Crippen LogP contribution in [0.3, 0.4) is 0 Å². The normalized spacial score (nSPS) is 11.8. The molecule has 0 bridgehead atoms. The van der Waals surface area contributed by atoms with Crippen LogP contribution < -0.4 is 4.90 Å². The molecule has 3 rings (SSSR count). The number of halogens is 1. The minimum absolute atomic E-state index is 0.0122. The number of hydrogen-bond acceptors (Lipinski definition) is 2. The molecule has 0 saturated carbocycles. The van der Waals surface area contributed by atoms with Gasteiger partial charge in [-0.2, -0.15) is 0 Å². The van der Waals surface area contributed by atoms with Crippen molar-refractivity contribution in [2.45, 2.75) is 26.4 Å². The van der Waals surface area contributed by atoms with E-state index in [1.807, 2.05) is 48.2 Å². The maximum absolute atomic E-state index is 14.1. The van der Waals surface area contributed by atoms with Gasteiger partial charge in [0, 0.05) is 12.1 Å². The average molecular weight is 422 g/mol. The molecule has 1 atom stereocenters. The highest BCUT2D eigenvalue weighted by atomic mass is 19.1. The van der Waals surface area contributed by atoms with Crippen molar-refractivity contribution in [1.29, 1.82) is 0 Å². The van der Waals surface area contributed by atoms with Crippen LogP contribution in [0.15, 0.2) is 83.8 Å². The van der Waals surface area contributed by atoms with E-state index in [1.54, 1.807) is 18.2 Å². The van der Waals surface area contributed by atoms with Crippen molar-refractivity contribution in [2.24, 2.45) is 0 Å². The topological polar surface area (TPSA) is 37.9 Å². The lowest BCUT2D eigenvalue weighted by Crippen LogP contribution is -3.11. The van der Waals surface area contributed by atoms with E-state index >= 15 is 0 Å². The Morgan fingerprint density at radius 3 is 2.52 bits per heavy atom. The SMILES string of the molecule is C=CC[NH+](CC(=O)N(CCc1ccccc1)Cc1ccc(C)o1)Cc1ccccc1F. The van der Waals surface area contributed by atoms with Crippen LogP contribution in [0.2, 0.25) is 0 Å². The molecule has 31 heavy (non-hydrogen) atoms. The van der Waals surface area contributed by atoms with E-state index in [2.05, 4.69) is 18.7 Å². The molecule has 1 unspecified atom stereocenters. The van der Waals surface area contributed by atoms with Gasteiger partial charge in [0.05, 0.1) is 13.1 Å². The van der Waals surface area contributed by atoms with Crippen LogP contribution in [0, 0.1) is 12.7 Å². The van der Waals surface area contributed by atoms with Crippen molar-refractivity contribution in [3.8, 4) is 0 Å². The van der Waals surface area contributed by atoms with Gasteiger partial charge in [0.2, 0.25) is 0 Å². The predicted molar refractivity (Wildman–Crippen MR) is 120 cm³/mol. The van der Waals surface area contributed by atoms with Crippen molar-refractivity contribution in [1.82, 2.24) is 4.90 Å². The lowest BCUT2D eigenvalue weighted by molar-refractivity contribution is -0.900. The van der Waals surface area contributed by atoms with Crippen LogP contribution in [0.25, 0.3) is 0 Å². The van der Waals surface area contributed by atoms with E-state index in [0.29, 0.717) is 31.7 Å². The molecule has 1 aromatic heterocycles. The average Bonchev–Trinajstić information content (AvgIpc) is 3.18. The number of benzene rings is 2. The van der Waals surface area contributed by atoms with Crippen molar-refractivity contribution in [3.05, 3.63) is 108 Å². The Morgan fingerprint density at radius 1 is 1.10 bits per heavy atom. The minimum atomic E-state index is -0.247. The van der Waals surface area contributed by atoms with Crippen LogP contribution in [-0.4, -0.2) is 30.4 Å². The number of carbonyl (C=O) groups excluding carboxylic acids is 1. The third-order valence-corrected chi connectivity index (χ3v) is 5.24. The van der Waals surface area contributed by atoms with Crippen LogP contribution in [0.4, 0.5) is 4.39 Å². The van der Waals surface area contributed by atoms with E-state index in [9.17, 15) is 9.18 Å². The minimum Gasteiger partial charge on any atom is -0.464 e. The fraction of sp³-hybridized carbons (Fsp3) is 0.269. The third-order valence-electron chi connectivity index (χ3n) is 5.24. The number of nitrogens with one attached hydrogen (secondary N) is 1. The van der Waals surface area contributed by atoms with Gasteiger partial charge >= 0.3 is 0 Å². The van der Waals surface area contributed by atoms with Gasteiger partial charge in [-0.05, 0) is 43.2 Å². The molecule has 1 N–H and O–H groups in total. The first kappa shape index (κ1) is 22.5. The van der Waals surface area contributed by atoms with Gasteiger partial charge in [-0.1, -0.05) is 55.1 Å². The second-order valence-electron chi connectivity index (χ2n) is 7.75. The molecule has 4 nitrogen and oxygen atoms in total. The van der Waals surface area contributed by atoms with Crippen LogP contribution >= 0.6 is 0 Å².